The van der Waals surface area contributed by atoms with Gasteiger partial charge < -0.3 is 14.8 Å². The summed E-state index contributed by atoms with van der Waals surface area (Å²) in [5.41, 5.74) is 6.35. The molecular formula is C24H26N2O2S. The molecule has 1 aliphatic heterocycles. The van der Waals surface area contributed by atoms with E-state index < -0.39 is 0 Å². The molecule has 0 spiro atoms. The lowest BCUT2D eigenvalue weighted by atomic mass is 9.84. The number of hydrogen-bond donors (Lipinski definition) is 1. The van der Waals surface area contributed by atoms with E-state index in [1.165, 1.54) is 28.0 Å². The van der Waals surface area contributed by atoms with Gasteiger partial charge in [-0.25, -0.2) is 4.99 Å². The fourth-order valence-corrected chi connectivity index (χ4v) is 4.32. The Hall–Kier alpha value is -2.66. The highest BCUT2D eigenvalue weighted by Crippen LogP contribution is 2.41. The van der Waals surface area contributed by atoms with Crippen LogP contribution in [0.5, 0.6) is 11.5 Å². The summed E-state index contributed by atoms with van der Waals surface area (Å²) in [7, 11) is 3.39. The van der Waals surface area contributed by atoms with Crippen molar-refractivity contribution in [2.75, 3.05) is 20.5 Å². The number of nitrogens with zero attached hydrogens (tertiary/aromatic N) is 1. The van der Waals surface area contributed by atoms with Gasteiger partial charge in [0.2, 0.25) is 0 Å². The van der Waals surface area contributed by atoms with Crippen LogP contribution in [0.3, 0.4) is 0 Å². The molecule has 1 atom stereocenters. The van der Waals surface area contributed by atoms with E-state index >= 15 is 0 Å². The highest BCUT2D eigenvalue weighted by atomic mass is 32.2. The van der Waals surface area contributed by atoms with Crippen molar-refractivity contribution in [1.82, 2.24) is 5.32 Å². The minimum atomic E-state index is 0.0548. The summed E-state index contributed by atoms with van der Waals surface area (Å²) in [6.45, 7) is 0. The smallest absolute Gasteiger partial charge is 0.161 e. The van der Waals surface area contributed by atoms with Gasteiger partial charge in [-0.15, -0.1) is 0 Å². The Kier molecular flexibility index (Phi) is 5.95. The first kappa shape index (κ1) is 19.6. The van der Waals surface area contributed by atoms with Gasteiger partial charge in [0.1, 0.15) is 17.5 Å². The lowest BCUT2D eigenvalue weighted by molar-refractivity contribution is 0.414. The molecule has 0 saturated carbocycles. The van der Waals surface area contributed by atoms with Crippen molar-refractivity contribution in [3.8, 4) is 11.5 Å². The Morgan fingerprint density at radius 3 is 2.24 bits per heavy atom. The molecule has 1 aliphatic carbocycles. The largest absolute Gasteiger partial charge is 0.497 e. The molecule has 4 nitrogen and oxygen atoms in total. The van der Waals surface area contributed by atoms with Gasteiger partial charge in [0.05, 0.1) is 14.2 Å². The van der Waals surface area contributed by atoms with Gasteiger partial charge in [0.25, 0.3) is 0 Å². The Bertz CT molecular complexity index is 959. The normalized spacial score (nSPS) is 20.0. The molecule has 2 aliphatic rings. The number of amidine groups is 1. The monoisotopic (exact) mass is 406 g/mol. The minimum Gasteiger partial charge on any atom is -0.497 e. The van der Waals surface area contributed by atoms with E-state index in [4.69, 9.17) is 14.5 Å². The molecule has 0 saturated heterocycles. The van der Waals surface area contributed by atoms with Gasteiger partial charge in [-0.05, 0) is 78.1 Å². The molecule has 29 heavy (non-hydrogen) atoms. The second-order valence-corrected chi connectivity index (χ2v) is 7.93. The average molecular weight is 407 g/mol. The first-order valence-corrected chi connectivity index (χ1v) is 11.0. The first-order chi connectivity index (χ1) is 14.2. The molecule has 4 rings (SSSR count). The van der Waals surface area contributed by atoms with Crippen molar-refractivity contribution in [2.24, 2.45) is 4.99 Å². The second-order valence-electron chi connectivity index (χ2n) is 7.14. The summed E-state index contributed by atoms with van der Waals surface area (Å²) >= 11 is 1.66. The van der Waals surface area contributed by atoms with Crippen molar-refractivity contribution >= 4 is 23.0 Å². The van der Waals surface area contributed by atoms with Gasteiger partial charge in [-0.1, -0.05) is 36.0 Å². The molecule has 1 heterocycles. The van der Waals surface area contributed by atoms with Crippen molar-refractivity contribution < 1.29 is 9.47 Å². The van der Waals surface area contributed by atoms with Crippen LogP contribution in [0.1, 0.15) is 36.4 Å². The van der Waals surface area contributed by atoms with Crippen LogP contribution in [0.4, 0.5) is 0 Å². The Labute approximate surface area is 176 Å². The number of ether oxygens (including phenoxy) is 2. The van der Waals surface area contributed by atoms with E-state index in [0.717, 1.165) is 35.9 Å². The van der Waals surface area contributed by atoms with Crippen LogP contribution in [0, 0.1) is 0 Å². The van der Waals surface area contributed by atoms with Crippen LogP contribution in [0.15, 0.2) is 70.4 Å². The Morgan fingerprint density at radius 1 is 0.966 bits per heavy atom. The average Bonchev–Trinajstić information content (AvgIpc) is 2.79. The maximum absolute atomic E-state index is 5.32. The number of hydrogen-bond acceptors (Lipinski definition) is 5. The van der Waals surface area contributed by atoms with Gasteiger partial charge in [-0.3, -0.25) is 0 Å². The number of thioether (sulfide) groups is 1. The van der Waals surface area contributed by atoms with Gasteiger partial charge in [-0.2, -0.15) is 0 Å². The van der Waals surface area contributed by atoms with Crippen LogP contribution in [-0.2, 0) is 0 Å². The maximum atomic E-state index is 5.32. The standard InChI is InChI=1S/C24H26N2O2S/c1-27-19-11-7-16(8-12-19)15-18-5-4-6-21-22(25-24(29-3)26-23(18)21)17-9-13-20(28-2)14-10-17/h7-15,22H,4-6H2,1-3H3,(H,25,26)/b18-15-/t22-/m0/s1. The fraction of sp³-hybridized carbons (Fsp3) is 0.292. The third-order valence-corrected chi connectivity index (χ3v) is 6.02. The molecule has 0 unspecified atom stereocenters. The molecule has 0 radical (unpaired) electrons. The molecule has 0 fully saturated rings. The molecule has 150 valence electrons. The van der Waals surface area contributed by atoms with E-state index in [-0.39, 0.29) is 6.04 Å². The second kappa shape index (κ2) is 8.78. The van der Waals surface area contributed by atoms with E-state index in [1.54, 1.807) is 26.0 Å². The maximum Gasteiger partial charge on any atom is 0.161 e. The highest BCUT2D eigenvalue weighted by molar-refractivity contribution is 8.13. The number of nitrogens with one attached hydrogen (secondary N) is 1. The predicted octanol–water partition coefficient (Wildman–Crippen LogP) is 5.59. The van der Waals surface area contributed by atoms with Crippen LogP contribution in [0.25, 0.3) is 6.08 Å². The van der Waals surface area contributed by atoms with Gasteiger partial charge >= 0.3 is 0 Å². The number of rotatable bonds is 4. The zero-order valence-electron chi connectivity index (χ0n) is 17.1. The van der Waals surface area contributed by atoms with E-state index in [1.807, 2.05) is 24.3 Å². The van der Waals surface area contributed by atoms with E-state index in [2.05, 4.69) is 41.9 Å². The third kappa shape index (κ3) is 4.20. The third-order valence-electron chi connectivity index (χ3n) is 5.42. The van der Waals surface area contributed by atoms with E-state index in [0.29, 0.717) is 0 Å². The molecule has 5 heteroatoms. The summed E-state index contributed by atoms with van der Waals surface area (Å²) < 4.78 is 10.6. The van der Waals surface area contributed by atoms with Crippen molar-refractivity contribution in [2.45, 2.75) is 25.3 Å². The molecule has 0 amide bonds. The van der Waals surface area contributed by atoms with Crippen molar-refractivity contribution in [3.05, 3.63) is 76.5 Å². The van der Waals surface area contributed by atoms with Crippen LogP contribution >= 0.6 is 11.8 Å². The first-order valence-electron chi connectivity index (χ1n) is 9.82. The number of allylic oxidation sites excluding steroid dienone is 1. The van der Waals surface area contributed by atoms with E-state index in [9.17, 15) is 0 Å². The van der Waals surface area contributed by atoms with Crippen LogP contribution in [0.2, 0.25) is 0 Å². The molecule has 0 aromatic heterocycles. The summed E-state index contributed by atoms with van der Waals surface area (Å²) in [6, 6.07) is 16.6. The number of aliphatic imine (C=N–C) groups is 1. The fourth-order valence-electron chi connectivity index (χ4n) is 3.91. The molecule has 0 bridgehead atoms. The summed E-state index contributed by atoms with van der Waals surface area (Å²) in [6.07, 6.45) is 7.62. The van der Waals surface area contributed by atoms with Gasteiger partial charge in [0, 0.05) is 5.70 Å². The topological polar surface area (TPSA) is 42.8 Å². The van der Waals surface area contributed by atoms with Crippen molar-refractivity contribution in [1.29, 1.82) is 0 Å². The lowest BCUT2D eigenvalue weighted by Crippen LogP contribution is -2.30. The Balaban J connectivity index is 1.72. The predicted molar refractivity (Wildman–Crippen MR) is 122 cm³/mol. The zero-order chi connectivity index (χ0) is 20.2. The van der Waals surface area contributed by atoms with Crippen molar-refractivity contribution in [3.63, 3.8) is 0 Å². The number of benzene rings is 2. The van der Waals surface area contributed by atoms with Gasteiger partial charge in [0.15, 0.2) is 5.17 Å². The van der Waals surface area contributed by atoms with Crippen LogP contribution < -0.4 is 14.8 Å². The SMILES string of the molecule is COc1ccc(/C=C2/CCCC3=C2NC(SC)=N[C@H]3c2ccc(OC)cc2)cc1. The minimum absolute atomic E-state index is 0.0548. The molecule has 2 aromatic carbocycles. The Morgan fingerprint density at radius 2 is 1.62 bits per heavy atom. The van der Waals surface area contributed by atoms with Crippen LogP contribution in [-0.4, -0.2) is 25.6 Å². The molecule has 1 N–H and O–H groups in total. The highest BCUT2D eigenvalue weighted by Gasteiger charge is 2.29. The summed E-state index contributed by atoms with van der Waals surface area (Å²) in [4.78, 5) is 5.00. The quantitative estimate of drug-likeness (QED) is 0.719. The molecule has 2 aromatic rings. The summed E-state index contributed by atoms with van der Waals surface area (Å²) in [5.74, 6) is 1.75. The number of methoxy groups -OCH3 is 2. The zero-order valence-corrected chi connectivity index (χ0v) is 17.9. The summed E-state index contributed by atoms with van der Waals surface area (Å²) in [5, 5.41) is 4.56. The lowest BCUT2D eigenvalue weighted by Gasteiger charge is -2.32. The molecular weight excluding hydrogens is 380 g/mol.